The molecule has 1 nitrogen and oxygen atoms in total. The van der Waals surface area contributed by atoms with Gasteiger partial charge in [0.1, 0.15) is 11.2 Å². The number of hydrogen-bond acceptors (Lipinski definition) is 1. The second-order valence-electron chi connectivity index (χ2n) is 8.26. The third-order valence-corrected chi connectivity index (χ3v) is 6.14. The first kappa shape index (κ1) is 8.69. The molecule has 8 rings (SSSR count). The highest BCUT2D eigenvalue weighted by Gasteiger charge is 2.17. The Morgan fingerprint density at radius 1 is 0.333 bits per heavy atom. The topological polar surface area (TPSA) is 13.1 Å². The van der Waals surface area contributed by atoms with Crippen LogP contribution < -0.4 is 0 Å². The zero-order chi connectivity index (χ0) is 46.6. The molecule has 0 spiro atoms. The van der Waals surface area contributed by atoms with Crippen LogP contribution >= 0.6 is 0 Å². The van der Waals surface area contributed by atoms with E-state index in [-0.39, 0.29) is 0 Å². The molecule has 1 heterocycles. The highest BCUT2D eigenvalue weighted by Crippen LogP contribution is 2.44. The van der Waals surface area contributed by atoms with Crippen molar-refractivity contribution in [2.45, 2.75) is 0 Å². The van der Waals surface area contributed by atoms with Crippen LogP contribution in [0.15, 0.2) is 149 Å². The summed E-state index contributed by atoms with van der Waals surface area (Å²) in [6.45, 7) is 0. The number of hydrogen-bond donors (Lipinski definition) is 0. The number of furan rings is 1. The maximum absolute atomic E-state index is 9.66. The summed E-state index contributed by atoms with van der Waals surface area (Å²) in [5.41, 5.74) is -5.16. The van der Waals surface area contributed by atoms with Gasteiger partial charge in [-0.15, -0.1) is 0 Å². The zero-order valence-corrected chi connectivity index (χ0v) is 19.4. The summed E-state index contributed by atoms with van der Waals surface area (Å²) in [4.78, 5) is 0. The average molecular weight is 521 g/mol. The predicted molar refractivity (Wildman–Crippen MR) is 165 cm³/mol. The van der Waals surface area contributed by atoms with Gasteiger partial charge in [-0.25, -0.2) is 0 Å². The SMILES string of the molecule is [2H]c1c([2H])c([2H])c(-c2c([2H])c([2H])c3c(oc4c([2H])c([2H])c(-c5c6c([2H])c([2H])c([2H])c([2H])c6c(-c6c([2H])c([2H])c([2H])c([2H])c6[2H])c6c([2H])c([2H])c([2H])c([2H])c56)c([2H])c43)c2[2H])c([2H])c1[2H]. The van der Waals surface area contributed by atoms with E-state index in [0.29, 0.717) is 0 Å². The molecular formula is C38H24O. The molecule has 0 saturated heterocycles. The highest BCUT2D eigenvalue weighted by molar-refractivity contribution is 6.22. The van der Waals surface area contributed by atoms with E-state index in [1.807, 2.05) is 0 Å². The van der Waals surface area contributed by atoms with Crippen LogP contribution in [0.5, 0.6) is 0 Å². The van der Waals surface area contributed by atoms with E-state index in [9.17, 15) is 5.48 Å². The zero-order valence-electron chi connectivity index (χ0n) is 43.4. The summed E-state index contributed by atoms with van der Waals surface area (Å²) in [5.74, 6) is 0. The minimum absolute atomic E-state index is 0.496. The van der Waals surface area contributed by atoms with Crippen LogP contribution in [0.3, 0.4) is 0 Å². The van der Waals surface area contributed by atoms with Crippen LogP contribution in [-0.2, 0) is 0 Å². The first-order chi connectivity index (χ1) is 29.3. The lowest BCUT2D eigenvalue weighted by Gasteiger charge is -2.17. The van der Waals surface area contributed by atoms with Gasteiger partial charge in [0.15, 0.2) is 0 Å². The fourth-order valence-corrected chi connectivity index (χ4v) is 4.52. The van der Waals surface area contributed by atoms with Crippen molar-refractivity contribution in [3.8, 4) is 33.4 Å². The van der Waals surface area contributed by atoms with E-state index in [4.69, 9.17) is 31.8 Å². The second kappa shape index (κ2) is 8.72. The quantitative estimate of drug-likeness (QED) is 0.211. The van der Waals surface area contributed by atoms with Crippen molar-refractivity contribution in [3.05, 3.63) is 145 Å². The Morgan fingerprint density at radius 2 is 0.846 bits per heavy atom. The van der Waals surface area contributed by atoms with E-state index < -0.39 is 222 Å². The van der Waals surface area contributed by atoms with Crippen molar-refractivity contribution >= 4 is 43.5 Å². The molecule has 182 valence electrons. The molecule has 1 aromatic heterocycles. The Bertz CT molecular complexity index is 3360. The van der Waals surface area contributed by atoms with Gasteiger partial charge >= 0.3 is 0 Å². The smallest absolute Gasteiger partial charge is 0.136 e. The van der Waals surface area contributed by atoms with Gasteiger partial charge in [-0.2, -0.15) is 0 Å². The minimum atomic E-state index is -0.931. The molecule has 0 unspecified atom stereocenters. The summed E-state index contributed by atoms with van der Waals surface area (Å²) in [7, 11) is 0. The Balaban J connectivity index is 1.67. The van der Waals surface area contributed by atoms with Crippen LogP contribution in [0, 0.1) is 0 Å². The lowest BCUT2D eigenvalue weighted by Crippen LogP contribution is -1.90. The van der Waals surface area contributed by atoms with Gasteiger partial charge in [0, 0.05) is 10.8 Å². The van der Waals surface area contributed by atoms with Gasteiger partial charge in [-0.3, -0.25) is 0 Å². The van der Waals surface area contributed by atoms with Crippen LogP contribution in [0.2, 0.25) is 0 Å². The standard InChI is InChI=1S/C38H24O/c1-3-11-25(12-4-1)27-19-21-29-34-23-28(20-22-35(34)39-36(29)24-27)38-32-17-9-7-15-30(32)37(26-13-5-2-6-14-26)31-16-8-10-18-33(31)38/h1-24H/i1D,2D,3D,4D,5D,6D,7D,8D,9D,10D,11D,12D,13D,14D,15D,16D,17D,18D,19D,20D,21D,22D,23D,24D. The summed E-state index contributed by atoms with van der Waals surface area (Å²) in [6, 6.07) is -20.9. The molecule has 0 N–H and O–H groups in total. The van der Waals surface area contributed by atoms with Crippen molar-refractivity contribution in [2.24, 2.45) is 0 Å². The maximum Gasteiger partial charge on any atom is 0.136 e. The van der Waals surface area contributed by atoms with Crippen LogP contribution in [0.1, 0.15) is 32.9 Å². The van der Waals surface area contributed by atoms with Crippen LogP contribution in [0.25, 0.3) is 76.9 Å². The molecule has 0 saturated carbocycles. The fraction of sp³-hybridized carbons (Fsp3) is 0. The summed E-state index contributed by atoms with van der Waals surface area (Å²) in [5, 5.41) is -3.58. The minimum Gasteiger partial charge on any atom is -0.456 e. The molecule has 0 aliphatic heterocycles. The monoisotopic (exact) mass is 520 g/mol. The Kier molecular flexibility index (Phi) is 1.94. The average Bonchev–Trinajstić information content (AvgIpc) is 3.67. The Morgan fingerprint density at radius 3 is 1.46 bits per heavy atom. The van der Waals surface area contributed by atoms with E-state index in [1.165, 1.54) is 0 Å². The molecule has 0 radical (unpaired) electrons. The molecule has 0 amide bonds. The van der Waals surface area contributed by atoms with E-state index in [0.717, 1.165) is 0 Å². The molecule has 0 bridgehead atoms. The van der Waals surface area contributed by atoms with Crippen LogP contribution in [0.4, 0.5) is 0 Å². The third-order valence-electron chi connectivity index (χ3n) is 6.14. The molecule has 1 heteroatoms. The molecule has 0 atom stereocenters. The lowest BCUT2D eigenvalue weighted by atomic mass is 9.86. The predicted octanol–water partition coefficient (Wildman–Crippen LogP) is 10.9. The molecule has 0 aliphatic rings. The summed E-state index contributed by atoms with van der Waals surface area (Å²) < 4.78 is 216. The van der Waals surface area contributed by atoms with Crippen molar-refractivity contribution in [1.82, 2.24) is 0 Å². The second-order valence-corrected chi connectivity index (χ2v) is 8.26. The molecule has 8 aromatic rings. The van der Waals surface area contributed by atoms with Crippen molar-refractivity contribution in [1.29, 1.82) is 0 Å². The first-order valence-electron chi connectivity index (χ1n) is 23.4. The Labute approximate surface area is 260 Å². The van der Waals surface area contributed by atoms with Gasteiger partial charge < -0.3 is 4.42 Å². The number of fused-ring (bicyclic) bond motifs is 5. The third kappa shape index (κ3) is 3.48. The largest absolute Gasteiger partial charge is 0.456 e. The van der Waals surface area contributed by atoms with Gasteiger partial charge in [0.2, 0.25) is 0 Å². The number of rotatable bonds is 3. The maximum atomic E-state index is 9.66. The van der Waals surface area contributed by atoms with Crippen LogP contribution in [-0.4, -0.2) is 0 Å². The fourth-order valence-electron chi connectivity index (χ4n) is 4.52. The van der Waals surface area contributed by atoms with Crippen molar-refractivity contribution in [3.63, 3.8) is 0 Å². The van der Waals surface area contributed by atoms with Gasteiger partial charge in [0.25, 0.3) is 0 Å². The number of benzene rings is 7. The van der Waals surface area contributed by atoms with E-state index in [2.05, 4.69) is 0 Å². The van der Waals surface area contributed by atoms with Crippen molar-refractivity contribution in [2.75, 3.05) is 0 Å². The Hall–Kier alpha value is -5.14. The van der Waals surface area contributed by atoms with Gasteiger partial charge in [0.05, 0.1) is 32.9 Å². The van der Waals surface area contributed by atoms with Gasteiger partial charge in [-0.05, 0) is 79.1 Å². The molecule has 0 fully saturated rings. The summed E-state index contributed by atoms with van der Waals surface area (Å²) in [6.07, 6.45) is 0. The molecule has 0 aliphatic carbocycles. The molecular weight excluding hydrogens is 472 g/mol. The lowest BCUT2D eigenvalue weighted by molar-refractivity contribution is 0.669. The highest BCUT2D eigenvalue weighted by atomic mass is 16.3. The van der Waals surface area contributed by atoms with E-state index >= 15 is 0 Å². The first-order valence-corrected chi connectivity index (χ1v) is 11.4. The van der Waals surface area contributed by atoms with E-state index in [1.54, 1.807) is 0 Å². The molecule has 7 aromatic carbocycles. The normalized spacial score (nSPS) is 20.2. The summed E-state index contributed by atoms with van der Waals surface area (Å²) >= 11 is 0. The molecule has 39 heavy (non-hydrogen) atoms. The van der Waals surface area contributed by atoms with Gasteiger partial charge in [-0.1, -0.05) is 121 Å². The van der Waals surface area contributed by atoms with Crippen molar-refractivity contribution < 1.29 is 37.3 Å².